The maximum Gasteiger partial charge on any atom is 0.218 e. The van der Waals surface area contributed by atoms with Gasteiger partial charge in [-0.2, -0.15) is 0 Å². The van der Waals surface area contributed by atoms with Crippen molar-refractivity contribution in [1.82, 2.24) is 4.31 Å². The zero-order valence-corrected chi connectivity index (χ0v) is 12.8. The van der Waals surface area contributed by atoms with Crippen LogP contribution in [0.25, 0.3) is 0 Å². The fraction of sp³-hybridized carbons (Fsp3) is 1.00. The van der Waals surface area contributed by atoms with Crippen molar-refractivity contribution in [2.75, 3.05) is 24.6 Å². The van der Waals surface area contributed by atoms with Crippen molar-refractivity contribution < 1.29 is 16.8 Å². The van der Waals surface area contributed by atoms with Crippen LogP contribution in [-0.2, 0) is 19.9 Å². The molecule has 2 heterocycles. The lowest BCUT2D eigenvalue weighted by Crippen LogP contribution is -2.48. The van der Waals surface area contributed by atoms with Gasteiger partial charge in [-0.1, -0.05) is 0 Å². The van der Waals surface area contributed by atoms with Gasteiger partial charge in [-0.25, -0.2) is 21.1 Å². The third-order valence-electron chi connectivity index (χ3n) is 4.14. The van der Waals surface area contributed by atoms with Gasteiger partial charge in [-0.05, 0) is 32.1 Å². The predicted molar refractivity (Wildman–Crippen MR) is 73.9 cm³/mol. The highest BCUT2D eigenvalue weighted by Crippen LogP contribution is 2.27. The minimum absolute atomic E-state index is 0.0124. The Balaban J connectivity index is 2.12. The van der Waals surface area contributed by atoms with Crippen LogP contribution in [0, 0.1) is 5.92 Å². The third-order valence-corrected chi connectivity index (χ3v) is 8.41. The molecule has 0 radical (unpaired) electrons. The van der Waals surface area contributed by atoms with Gasteiger partial charge in [0.2, 0.25) is 10.0 Å². The Morgan fingerprint density at radius 2 is 2.00 bits per heavy atom. The van der Waals surface area contributed by atoms with E-state index in [1.54, 1.807) is 0 Å². The maximum absolute atomic E-state index is 12.5. The second kappa shape index (κ2) is 5.31. The molecule has 0 aromatic heterocycles. The standard InChI is InChI=1S/C11H22N2O4S2/c1-9(12)10-3-2-5-13(7-10)19(16,17)11-4-6-18(14,15)8-11/h9-11H,2-8,12H2,1H3. The number of hydrogen-bond donors (Lipinski definition) is 1. The summed E-state index contributed by atoms with van der Waals surface area (Å²) in [7, 11) is -6.68. The maximum atomic E-state index is 12.5. The van der Waals surface area contributed by atoms with E-state index in [1.165, 1.54) is 4.31 Å². The summed E-state index contributed by atoms with van der Waals surface area (Å²) in [5.74, 6) is -0.0719. The van der Waals surface area contributed by atoms with Crippen molar-refractivity contribution in [3.8, 4) is 0 Å². The van der Waals surface area contributed by atoms with Crippen molar-refractivity contribution >= 4 is 19.9 Å². The largest absolute Gasteiger partial charge is 0.328 e. The van der Waals surface area contributed by atoms with Gasteiger partial charge in [-0.3, -0.25) is 0 Å². The highest BCUT2D eigenvalue weighted by molar-refractivity contribution is 7.95. The minimum Gasteiger partial charge on any atom is -0.328 e. The average molecular weight is 310 g/mol. The van der Waals surface area contributed by atoms with Gasteiger partial charge in [0, 0.05) is 19.1 Å². The van der Waals surface area contributed by atoms with Crippen LogP contribution in [0.4, 0.5) is 0 Å². The quantitative estimate of drug-likeness (QED) is 0.762. The molecule has 0 bridgehead atoms. The van der Waals surface area contributed by atoms with Crippen molar-refractivity contribution in [3.63, 3.8) is 0 Å². The summed E-state index contributed by atoms with van der Waals surface area (Å²) in [6.45, 7) is 2.81. The first-order chi connectivity index (χ1) is 8.72. The molecule has 0 saturated carbocycles. The monoisotopic (exact) mass is 310 g/mol. The molecule has 0 aliphatic carbocycles. The second-order valence-corrected chi connectivity index (χ2v) is 10.1. The second-order valence-electron chi connectivity index (χ2n) is 5.69. The molecule has 19 heavy (non-hydrogen) atoms. The van der Waals surface area contributed by atoms with Crippen molar-refractivity contribution in [2.24, 2.45) is 11.7 Å². The van der Waals surface area contributed by atoms with Gasteiger partial charge in [0.25, 0.3) is 0 Å². The highest BCUT2D eigenvalue weighted by Gasteiger charge is 2.41. The fourth-order valence-electron chi connectivity index (χ4n) is 2.84. The van der Waals surface area contributed by atoms with Gasteiger partial charge in [0.05, 0.1) is 16.8 Å². The Kier molecular flexibility index (Phi) is 4.25. The zero-order chi connectivity index (χ0) is 14.3. The summed E-state index contributed by atoms with van der Waals surface area (Å²) in [6.07, 6.45) is 1.96. The van der Waals surface area contributed by atoms with E-state index in [9.17, 15) is 16.8 Å². The number of piperidine rings is 1. The Hall–Kier alpha value is -0.180. The van der Waals surface area contributed by atoms with Crippen LogP contribution in [0.15, 0.2) is 0 Å². The summed E-state index contributed by atoms with van der Waals surface area (Å²) in [4.78, 5) is 0. The van der Waals surface area contributed by atoms with E-state index in [2.05, 4.69) is 0 Å². The van der Waals surface area contributed by atoms with E-state index in [4.69, 9.17) is 5.73 Å². The van der Waals surface area contributed by atoms with Gasteiger partial charge in [-0.15, -0.1) is 0 Å². The van der Waals surface area contributed by atoms with Gasteiger partial charge >= 0.3 is 0 Å². The number of sulfonamides is 1. The first-order valence-corrected chi connectivity index (χ1v) is 10.00. The van der Waals surface area contributed by atoms with E-state index in [0.717, 1.165) is 12.8 Å². The Morgan fingerprint density at radius 3 is 2.53 bits per heavy atom. The van der Waals surface area contributed by atoms with E-state index in [-0.39, 0.29) is 29.9 Å². The number of nitrogens with zero attached hydrogens (tertiary/aromatic N) is 1. The Morgan fingerprint density at radius 1 is 1.32 bits per heavy atom. The summed E-state index contributed by atoms with van der Waals surface area (Å²) < 4.78 is 49.3. The first-order valence-electron chi connectivity index (χ1n) is 6.67. The number of sulfone groups is 1. The predicted octanol–water partition coefficient (Wildman–Crippen LogP) is -0.437. The van der Waals surface area contributed by atoms with Gasteiger partial charge in [0.15, 0.2) is 9.84 Å². The van der Waals surface area contributed by atoms with E-state index < -0.39 is 25.1 Å². The topological polar surface area (TPSA) is 97.5 Å². The van der Waals surface area contributed by atoms with Gasteiger partial charge < -0.3 is 5.73 Å². The smallest absolute Gasteiger partial charge is 0.218 e. The molecule has 2 rings (SSSR count). The van der Waals surface area contributed by atoms with Crippen molar-refractivity contribution in [3.05, 3.63) is 0 Å². The SMILES string of the molecule is CC(N)C1CCCN(S(=O)(=O)C2CCS(=O)(=O)C2)C1. The van der Waals surface area contributed by atoms with Crippen molar-refractivity contribution in [2.45, 2.75) is 37.5 Å². The molecule has 3 unspecified atom stereocenters. The number of hydrogen-bond acceptors (Lipinski definition) is 5. The molecule has 6 nitrogen and oxygen atoms in total. The zero-order valence-electron chi connectivity index (χ0n) is 11.2. The van der Waals surface area contributed by atoms with Crippen molar-refractivity contribution in [1.29, 1.82) is 0 Å². The summed E-state index contributed by atoms with van der Waals surface area (Å²) >= 11 is 0. The highest BCUT2D eigenvalue weighted by atomic mass is 32.2. The molecule has 0 spiro atoms. The summed E-state index contributed by atoms with van der Waals surface area (Å²) in [5, 5.41) is -0.760. The molecule has 2 saturated heterocycles. The molecule has 0 amide bonds. The summed E-state index contributed by atoms with van der Waals surface area (Å²) in [6, 6.07) is -0.0367. The lowest BCUT2D eigenvalue weighted by atomic mass is 9.93. The van der Waals surface area contributed by atoms with Crippen LogP contribution in [0.5, 0.6) is 0 Å². The van der Waals surface area contributed by atoms with Crippen LogP contribution < -0.4 is 5.73 Å². The molecule has 2 aliphatic heterocycles. The number of nitrogens with two attached hydrogens (primary N) is 1. The molecule has 8 heteroatoms. The molecule has 2 fully saturated rings. The van der Waals surface area contributed by atoms with E-state index in [1.807, 2.05) is 6.92 Å². The Bertz CT molecular complexity index is 527. The lowest BCUT2D eigenvalue weighted by molar-refractivity contribution is 0.241. The van der Waals surface area contributed by atoms with Crippen LogP contribution in [0.1, 0.15) is 26.2 Å². The lowest BCUT2D eigenvalue weighted by Gasteiger charge is -2.35. The normalized spacial score (nSPS) is 34.2. The van der Waals surface area contributed by atoms with E-state index >= 15 is 0 Å². The first kappa shape index (κ1) is 15.2. The molecule has 3 atom stereocenters. The van der Waals surface area contributed by atoms with Crippen LogP contribution in [-0.4, -0.2) is 57.0 Å². The average Bonchev–Trinajstić information content (AvgIpc) is 2.70. The van der Waals surface area contributed by atoms with Crippen LogP contribution in [0.3, 0.4) is 0 Å². The molecule has 2 aliphatic rings. The van der Waals surface area contributed by atoms with Gasteiger partial charge in [0.1, 0.15) is 0 Å². The molecule has 0 aromatic rings. The van der Waals surface area contributed by atoms with Crippen LogP contribution >= 0.6 is 0 Å². The van der Waals surface area contributed by atoms with E-state index in [0.29, 0.717) is 13.1 Å². The molecule has 112 valence electrons. The molecular weight excluding hydrogens is 288 g/mol. The van der Waals surface area contributed by atoms with Crippen LogP contribution in [0.2, 0.25) is 0 Å². The third kappa shape index (κ3) is 3.29. The molecule has 2 N–H and O–H groups in total. The molecular formula is C11H22N2O4S2. The molecule has 0 aromatic carbocycles. The number of rotatable bonds is 3. The minimum atomic E-state index is -3.50. The fourth-order valence-corrected chi connectivity index (χ4v) is 7.46. The summed E-state index contributed by atoms with van der Waals surface area (Å²) in [5.41, 5.74) is 5.85. The Labute approximate surface area is 115 Å².